The van der Waals surface area contributed by atoms with Crippen LogP contribution in [-0.4, -0.2) is 22.4 Å². The maximum Gasteiger partial charge on any atom is 0.0609 e. The van der Waals surface area contributed by atoms with Gasteiger partial charge in [0, 0.05) is 5.92 Å². The molecule has 0 bridgehead atoms. The molecule has 4 unspecified atom stereocenters. The molecule has 0 aromatic heterocycles. The molecule has 0 aromatic rings. The van der Waals surface area contributed by atoms with Crippen LogP contribution in [-0.2, 0) is 0 Å². The van der Waals surface area contributed by atoms with E-state index in [1.54, 1.807) is 0 Å². The van der Waals surface area contributed by atoms with Crippen LogP contribution >= 0.6 is 0 Å². The number of aliphatic hydroxyl groups excluding tert-OH is 2. The van der Waals surface area contributed by atoms with Gasteiger partial charge in [0.25, 0.3) is 0 Å². The Morgan fingerprint density at radius 1 is 0.929 bits per heavy atom. The standard InChI is InChI=1S/C12H20O2/c13-11-7-3-1-5-9(11)10-6-2-4-8-12(10)14/h1,5,9-14H,2-4,6-8H2. The third-order valence-corrected chi connectivity index (χ3v) is 3.71. The predicted octanol–water partition coefficient (Wildman–Crippen LogP) is 1.86. The first-order valence-electron chi connectivity index (χ1n) is 5.82. The highest BCUT2D eigenvalue weighted by Gasteiger charge is 2.33. The van der Waals surface area contributed by atoms with Crippen molar-refractivity contribution in [1.82, 2.24) is 0 Å². The van der Waals surface area contributed by atoms with Gasteiger partial charge in [-0.3, -0.25) is 0 Å². The highest BCUT2D eigenvalue weighted by atomic mass is 16.3. The Bertz CT molecular complexity index is 212. The molecule has 0 radical (unpaired) electrons. The van der Waals surface area contributed by atoms with Crippen LogP contribution in [0, 0.1) is 11.8 Å². The van der Waals surface area contributed by atoms with Gasteiger partial charge < -0.3 is 10.2 Å². The van der Waals surface area contributed by atoms with Gasteiger partial charge in [0.05, 0.1) is 12.2 Å². The molecule has 0 aliphatic heterocycles. The number of allylic oxidation sites excluding steroid dienone is 1. The van der Waals surface area contributed by atoms with E-state index in [1.807, 2.05) is 0 Å². The molecule has 2 heteroatoms. The van der Waals surface area contributed by atoms with Gasteiger partial charge in [0.15, 0.2) is 0 Å². The number of aliphatic hydroxyl groups is 2. The molecule has 0 heterocycles. The normalized spacial score (nSPS) is 43.9. The fraction of sp³-hybridized carbons (Fsp3) is 0.833. The van der Waals surface area contributed by atoms with Crippen molar-refractivity contribution in [2.45, 2.75) is 50.7 Å². The van der Waals surface area contributed by atoms with Crippen molar-refractivity contribution in [2.75, 3.05) is 0 Å². The van der Waals surface area contributed by atoms with Crippen LogP contribution in [0.2, 0.25) is 0 Å². The first-order valence-corrected chi connectivity index (χ1v) is 5.82. The van der Waals surface area contributed by atoms with Crippen LogP contribution in [0.1, 0.15) is 38.5 Å². The molecular formula is C12H20O2. The summed E-state index contributed by atoms with van der Waals surface area (Å²) in [5.74, 6) is 0.509. The summed E-state index contributed by atoms with van der Waals surface area (Å²) in [5, 5.41) is 19.8. The summed E-state index contributed by atoms with van der Waals surface area (Å²) < 4.78 is 0. The van der Waals surface area contributed by atoms with Gasteiger partial charge in [-0.25, -0.2) is 0 Å². The maximum absolute atomic E-state index is 9.89. The lowest BCUT2D eigenvalue weighted by atomic mass is 9.73. The molecule has 1 fully saturated rings. The molecule has 4 atom stereocenters. The third-order valence-electron chi connectivity index (χ3n) is 3.71. The quantitative estimate of drug-likeness (QED) is 0.628. The largest absolute Gasteiger partial charge is 0.393 e. The second-order valence-corrected chi connectivity index (χ2v) is 4.67. The highest BCUT2D eigenvalue weighted by Crippen LogP contribution is 2.35. The Morgan fingerprint density at radius 2 is 1.71 bits per heavy atom. The second-order valence-electron chi connectivity index (χ2n) is 4.67. The molecule has 0 amide bonds. The Labute approximate surface area is 85.6 Å². The van der Waals surface area contributed by atoms with E-state index in [1.165, 1.54) is 6.42 Å². The van der Waals surface area contributed by atoms with Crippen LogP contribution in [0.25, 0.3) is 0 Å². The van der Waals surface area contributed by atoms with Crippen LogP contribution in [0.3, 0.4) is 0 Å². The van der Waals surface area contributed by atoms with E-state index in [2.05, 4.69) is 12.2 Å². The van der Waals surface area contributed by atoms with Crippen molar-refractivity contribution in [2.24, 2.45) is 11.8 Å². The first-order chi connectivity index (χ1) is 6.79. The number of hydrogen-bond donors (Lipinski definition) is 2. The number of rotatable bonds is 1. The van der Waals surface area contributed by atoms with Crippen molar-refractivity contribution < 1.29 is 10.2 Å². The molecule has 2 N–H and O–H groups in total. The van der Waals surface area contributed by atoms with Crippen molar-refractivity contribution in [3.63, 3.8) is 0 Å². The molecule has 0 saturated heterocycles. The SMILES string of the molecule is OC1CCC=CC1C1CCCCC1O. The third kappa shape index (κ3) is 2.01. The summed E-state index contributed by atoms with van der Waals surface area (Å²) in [6.07, 6.45) is 10.1. The lowest BCUT2D eigenvalue weighted by Gasteiger charge is -2.36. The monoisotopic (exact) mass is 196 g/mol. The summed E-state index contributed by atoms with van der Waals surface area (Å²) in [5.41, 5.74) is 0. The van der Waals surface area contributed by atoms with Gasteiger partial charge in [-0.05, 0) is 31.6 Å². The van der Waals surface area contributed by atoms with Gasteiger partial charge in [-0.2, -0.15) is 0 Å². The molecule has 2 aliphatic carbocycles. The average molecular weight is 196 g/mol. The van der Waals surface area contributed by atoms with E-state index in [4.69, 9.17) is 0 Å². The van der Waals surface area contributed by atoms with Crippen LogP contribution in [0.15, 0.2) is 12.2 Å². The lowest BCUT2D eigenvalue weighted by molar-refractivity contribution is -0.00155. The molecule has 2 aliphatic rings. The van der Waals surface area contributed by atoms with Gasteiger partial charge in [-0.1, -0.05) is 25.0 Å². The zero-order valence-corrected chi connectivity index (χ0v) is 8.60. The van der Waals surface area contributed by atoms with Crippen LogP contribution in [0.5, 0.6) is 0 Å². The van der Waals surface area contributed by atoms with Gasteiger partial charge >= 0.3 is 0 Å². The first kappa shape index (κ1) is 10.2. The van der Waals surface area contributed by atoms with Crippen molar-refractivity contribution in [1.29, 1.82) is 0 Å². The minimum Gasteiger partial charge on any atom is -0.393 e. The Hall–Kier alpha value is -0.340. The predicted molar refractivity (Wildman–Crippen MR) is 55.8 cm³/mol. The molecule has 0 spiro atoms. The molecule has 2 rings (SSSR count). The van der Waals surface area contributed by atoms with Crippen LogP contribution < -0.4 is 0 Å². The lowest BCUT2D eigenvalue weighted by Crippen LogP contribution is -2.37. The summed E-state index contributed by atoms with van der Waals surface area (Å²) in [6.45, 7) is 0. The van der Waals surface area contributed by atoms with Gasteiger partial charge in [0.1, 0.15) is 0 Å². The molecule has 14 heavy (non-hydrogen) atoms. The zero-order valence-electron chi connectivity index (χ0n) is 8.60. The van der Waals surface area contributed by atoms with E-state index >= 15 is 0 Å². The molecular weight excluding hydrogens is 176 g/mol. The van der Waals surface area contributed by atoms with Crippen molar-refractivity contribution >= 4 is 0 Å². The minimum atomic E-state index is -0.224. The van der Waals surface area contributed by atoms with E-state index < -0.39 is 0 Å². The van der Waals surface area contributed by atoms with E-state index in [9.17, 15) is 10.2 Å². The number of hydrogen-bond acceptors (Lipinski definition) is 2. The fourth-order valence-electron chi connectivity index (χ4n) is 2.86. The summed E-state index contributed by atoms with van der Waals surface area (Å²) >= 11 is 0. The van der Waals surface area contributed by atoms with Crippen molar-refractivity contribution in [3.8, 4) is 0 Å². The molecule has 0 aromatic carbocycles. The van der Waals surface area contributed by atoms with Crippen molar-refractivity contribution in [3.05, 3.63) is 12.2 Å². The minimum absolute atomic E-state index is 0.189. The Morgan fingerprint density at radius 3 is 2.43 bits per heavy atom. The second kappa shape index (κ2) is 4.45. The molecule has 80 valence electrons. The smallest absolute Gasteiger partial charge is 0.0609 e. The van der Waals surface area contributed by atoms with Gasteiger partial charge in [0.2, 0.25) is 0 Å². The topological polar surface area (TPSA) is 40.5 Å². The zero-order chi connectivity index (χ0) is 9.97. The summed E-state index contributed by atoms with van der Waals surface area (Å²) in [4.78, 5) is 0. The Kier molecular flexibility index (Phi) is 3.24. The average Bonchev–Trinajstić information content (AvgIpc) is 2.20. The van der Waals surface area contributed by atoms with Gasteiger partial charge in [-0.15, -0.1) is 0 Å². The highest BCUT2D eigenvalue weighted by molar-refractivity contribution is 5.01. The molecule has 2 nitrogen and oxygen atoms in total. The van der Waals surface area contributed by atoms with E-state index in [0.29, 0.717) is 5.92 Å². The summed E-state index contributed by atoms with van der Waals surface area (Å²) in [6, 6.07) is 0. The Balaban J connectivity index is 2.04. The van der Waals surface area contributed by atoms with Crippen LogP contribution in [0.4, 0.5) is 0 Å². The summed E-state index contributed by atoms with van der Waals surface area (Å²) in [7, 11) is 0. The maximum atomic E-state index is 9.89. The fourth-order valence-corrected chi connectivity index (χ4v) is 2.86. The van der Waals surface area contributed by atoms with E-state index in [0.717, 1.165) is 32.1 Å². The molecule has 1 saturated carbocycles. The van der Waals surface area contributed by atoms with E-state index in [-0.39, 0.29) is 18.1 Å².